The molecule has 1 heterocycles. The van der Waals surface area contributed by atoms with Gasteiger partial charge in [0.05, 0.1) is 16.6 Å². The molecule has 5 aromatic carbocycles. The second kappa shape index (κ2) is 14.5. The Hall–Kier alpha value is -5.12. The summed E-state index contributed by atoms with van der Waals surface area (Å²) in [6.07, 6.45) is 1.89. The molecule has 5 aromatic rings. The monoisotopic (exact) mass is 659 g/mol. The van der Waals surface area contributed by atoms with Crippen LogP contribution in [-0.2, 0) is 9.59 Å². The summed E-state index contributed by atoms with van der Waals surface area (Å²) < 4.78 is 14.5. The van der Waals surface area contributed by atoms with Crippen LogP contribution in [0.1, 0.15) is 29.3 Å². The molecule has 0 aliphatic carbocycles. The van der Waals surface area contributed by atoms with E-state index >= 15 is 0 Å². The number of hydrogen-bond donors (Lipinski definition) is 2. The van der Waals surface area contributed by atoms with Crippen LogP contribution in [0.4, 0.5) is 21.5 Å². The van der Waals surface area contributed by atoms with E-state index in [9.17, 15) is 18.8 Å². The van der Waals surface area contributed by atoms with Crippen molar-refractivity contribution in [1.29, 1.82) is 0 Å². The van der Waals surface area contributed by atoms with Gasteiger partial charge in [-0.3, -0.25) is 19.3 Å². The molecule has 47 heavy (non-hydrogen) atoms. The van der Waals surface area contributed by atoms with Gasteiger partial charge in [-0.1, -0.05) is 85.4 Å². The van der Waals surface area contributed by atoms with Crippen LogP contribution in [0.3, 0.4) is 0 Å². The van der Waals surface area contributed by atoms with Crippen molar-refractivity contribution in [1.82, 2.24) is 5.32 Å². The van der Waals surface area contributed by atoms with E-state index in [-0.39, 0.29) is 17.2 Å². The SMILES string of the molecule is CCC(Sc1cccc(NC(=O)/C(=C\c2ccccc2F)NC(=O)c2ccccc2)c1)C(=O)N1c2ccccc2Sc2ccccc21. The highest BCUT2D eigenvalue weighted by molar-refractivity contribution is 8.00. The summed E-state index contributed by atoms with van der Waals surface area (Å²) in [6.45, 7) is 1.98. The number of nitrogens with one attached hydrogen (secondary N) is 2. The van der Waals surface area contributed by atoms with E-state index in [0.717, 1.165) is 26.1 Å². The number of nitrogens with zero attached hydrogens (tertiary/aromatic N) is 1. The van der Waals surface area contributed by atoms with Crippen molar-refractivity contribution >= 4 is 64.4 Å². The first-order valence-corrected chi connectivity index (χ1v) is 16.7. The Kier molecular flexibility index (Phi) is 9.85. The molecule has 9 heteroatoms. The van der Waals surface area contributed by atoms with Gasteiger partial charge in [0.2, 0.25) is 5.91 Å². The van der Waals surface area contributed by atoms with E-state index in [0.29, 0.717) is 17.7 Å². The number of para-hydroxylation sites is 2. The molecule has 0 spiro atoms. The Morgan fingerprint density at radius 2 is 1.45 bits per heavy atom. The summed E-state index contributed by atoms with van der Waals surface area (Å²) >= 11 is 3.07. The summed E-state index contributed by atoms with van der Waals surface area (Å²) in [4.78, 5) is 45.3. The third kappa shape index (κ3) is 7.32. The van der Waals surface area contributed by atoms with E-state index in [4.69, 9.17) is 0 Å². The molecule has 0 aromatic heterocycles. The van der Waals surface area contributed by atoms with Crippen LogP contribution in [0, 0.1) is 5.82 Å². The second-order valence-electron chi connectivity index (χ2n) is 10.6. The standard InChI is InChI=1S/C38H30FN3O3S2/c1-2-33(38(45)42-31-19-8-10-21-34(31)47-35-22-11-9-20-32(35)42)46-28-17-12-16-27(24-28)40-37(44)30(23-26-15-6-7-18-29(26)39)41-36(43)25-13-4-3-5-14-25/h3-24,33H,2H2,1H3,(H,40,44)(H,41,43)/b30-23+. The molecule has 6 rings (SSSR count). The Morgan fingerprint density at radius 1 is 0.809 bits per heavy atom. The van der Waals surface area contributed by atoms with Crippen molar-refractivity contribution < 1.29 is 18.8 Å². The maximum Gasteiger partial charge on any atom is 0.272 e. The summed E-state index contributed by atoms with van der Waals surface area (Å²) in [6, 6.07) is 37.4. The maximum absolute atomic E-state index is 14.5. The van der Waals surface area contributed by atoms with E-state index < -0.39 is 22.9 Å². The zero-order valence-electron chi connectivity index (χ0n) is 25.4. The molecule has 234 valence electrons. The molecule has 0 radical (unpaired) electrons. The van der Waals surface area contributed by atoms with E-state index in [1.807, 2.05) is 66.4 Å². The van der Waals surface area contributed by atoms with Gasteiger partial charge in [0.1, 0.15) is 11.5 Å². The number of carbonyl (C=O) groups excluding carboxylic acids is 3. The highest BCUT2D eigenvalue weighted by atomic mass is 32.2. The Bertz CT molecular complexity index is 1940. The first kappa shape index (κ1) is 31.8. The Labute approximate surface area is 281 Å². The van der Waals surface area contributed by atoms with Gasteiger partial charge in [-0.2, -0.15) is 0 Å². The Balaban J connectivity index is 1.23. The number of hydrogen-bond acceptors (Lipinski definition) is 5. The molecule has 3 amide bonds. The first-order valence-electron chi connectivity index (χ1n) is 15.0. The number of amides is 3. The average Bonchev–Trinajstić information content (AvgIpc) is 3.10. The number of carbonyl (C=O) groups is 3. The predicted molar refractivity (Wildman–Crippen MR) is 187 cm³/mol. The van der Waals surface area contributed by atoms with Crippen LogP contribution in [0.2, 0.25) is 0 Å². The molecule has 6 nitrogen and oxygen atoms in total. The van der Waals surface area contributed by atoms with Crippen LogP contribution < -0.4 is 15.5 Å². The van der Waals surface area contributed by atoms with Crippen molar-refractivity contribution in [3.63, 3.8) is 0 Å². The van der Waals surface area contributed by atoms with Gasteiger partial charge in [0.25, 0.3) is 11.8 Å². The van der Waals surface area contributed by atoms with Crippen molar-refractivity contribution in [2.75, 3.05) is 10.2 Å². The molecule has 0 fully saturated rings. The number of rotatable bonds is 9. The summed E-state index contributed by atoms with van der Waals surface area (Å²) in [5, 5.41) is 5.06. The van der Waals surface area contributed by atoms with Gasteiger partial charge in [-0.25, -0.2) is 4.39 Å². The Morgan fingerprint density at radius 3 is 2.13 bits per heavy atom. The maximum atomic E-state index is 14.5. The third-order valence-corrected chi connectivity index (χ3v) is 9.88. The van der Waals surface area contributed by atoms with Crippen LogP contribution >= 0.6 is 23.5 Å². The van der Waals surface area contributed by atoms with Crippen molar-refractivity contribution in [3.05, 3.63) is 150 Å². The number of thioether (sulfide) groups is 1. The van der Waals surface area contributed by atoms with Gasteiger partial charge < -0.3 is 10.6 Å². The number of anilines is 3. The van der Waals surface area contributed by atoms with Crippen LogP contribution in [-0.4, -0.2) is 23.0 Å². The van der Waals surface area contributed by atoms with E-state index in [1.165, 1.54) is 30.0 Å². The zero-order valence-corrected chi connectivity index (χ0v) is 27.0. The summed E-state index contributed by atoms with van der Waals surface area (Å²) in [5.41, 5.74) is 2.55. The van der Waals surface area contributed by atoms with Crippen molar-refractivity contribution in [3.8, 4) is 0 Å². The van der Waals surface area contributed by atoms with Crippen LogP contribution in [0.15, 0.2) is 148 Å². The van der Waals surface area contributed by atoms with Crippen LogP contribution in [0.5, 0.6) is 0 Å². The fourth-order valence-corrected chi connectivity index (χ4v) is 7.21. The topological polar surface area (TPSA) is 78.5 Å². The molecule has 0 saturated carbocycles. The molecule has 1 atom stereocenters. The molecule has 0 bridgehead atoms. The summed E-state index contributed by atoms with van der Waals surface area (Å²) in [7, 11) is 0. The van der Waals surface area contributed by atoms with Crippen LogP contribution in [0.25, 0.3) is 6.08 Å². The molecule has 2 N–H and O–H groups in total. The highest BCUT2D eigenvalue weighted by Crippen LogP contribution is 2.49. The zero-order chi connectivity index (χ0) is 32.8. The smallest absolute Gasteiger partial charge is 0.272 e. The second-order valence-corrected chi connectivity index (χ2v) is 13.0. The highest BCUT2D eigenvalue weighted by Gasteiger charge is 2.32. The van der Waals surface area contributed by atoms with Crippen molar-refractivity contribution in [2.24, 2.45) is 0 Å². The lowest BCUT2D eigenvalue weighted by molar-refractivity contribution is -0.117. The van der Waals surface area contributed by atoms with Crippen molar-refractivity contribution in [2.45, 2.75) is 33.3 Å². The molecular formula is C38H30FN3O3S2. The fourth-order valence-electron chi connectivity index (χ4n) is 5.09. The molecule has 1 unspecified atom stereocenters. The molecule has 1 aliphatic heterocycles. The largest absolute Gasteiger partial charge is 0.321 e. The lowest BCUT2D eigenvalue weighted by Gasteiger charge is -2.33. The third-order valence-electron chi connectivity index (χ3n) is 7.40. The lowest BCUT2D eigenvalue weighted by atomic mass is 10.1. The van der Waals surface area contributed by atoms with Gasteiger partial charge >= 0.3 is 0 Å². The minimum absolute atomic E-state index is 0.0362. The predicted octanol–water partition coefficient (Wildman–Crippen LogP) is 8.94. The lowest BCUT2D eigenvalue weighted by Crippen LogP contribution is -2.35. The van der Waals surface area contributed by atoms with Gasteiger partial charge in [0, 0.05) is 31.5 Å². The van der Waals surface area contributed by atoms with E-state index in [1.54, 1.807) is 72.4 Å². The first-order chi connectivity index (χ1) is 22.9. The van der Waals surface area contributed by atoms with Gasteiger partial charge in [0.15, 0.2) is 0 Å². The van der Waals surface area contributed by atoms with E-state index in [2.05, 4.69) is 10.6 Å². The number of benzene rings is 5. The minimum atomic E-state index is -0.623. The number of fused-ring (bicyclic) bond motifs is 2. The molecule has 0 saturated heterocycles. The number of halogens is 1. The normalized spacial score (nSPS) is 12.8. The van der Waals surface area contributed by atoms with Gasteiger partial charge in [-0.15, -0.1) is 11.8 Å². The quantitative estimate of drug-likeness (QED) is 0.122. The summed E-state index contributed by atoms with van der Waals surface area (Å²) in [5.74, 6) is -1.69. The molecule has 1 aliphatic rings. The molecular weight excluding hydrogens is 630 g/mol. The average molecular weight is 660 g/mol. The fraction of sp³-hybridized carbons (Fsp3) is 0.0789. The minimum Gasteiger partial charge on any atom is -0.321 e. The van der Waals surface area contributed by atoms with Gasteiger partial charge in [-0.05, 0) is 73.2 Å².